The van der Waals surface area contributed by atoms with Crippen LogP contribution in [0.1, 0.15) is 5.76 Å². The summed E-state index contributed by atoms with van der Waals surface area (Å²) < 4.78 is 6.77. The Morgan fingerprint density at radius 3 is 2.50 bits per heavy atom. The van der Waals surface area contributed by atoms with Crippen LogP contribution in [-0.4, -0.2) is 20.1 Å². The van der Waals surface area contributed by atoms with E-state index in [9.17, 15) is 0 Å². The van der Waals surface area contributed by atoms with Gasteiger partial charge in [0.05, 0.1) is 0 Å². The van der Waals surface area contributed by atoms with Crippen LogP contribution < -0.4 is 4.46 Å². The van der Waals surface area contributed by atoms with Crippen LogP contribution in [0.4, 0.5) is 0 Å². The number of hydrogen-bond donors (Lipinski definition) is 0. The van der Waals surface area contributed by atoms with Crippen LogP contribution in [-0.2, 0) is 5.32 Å². The van der Waals surface area contributed by atoms with Gasteiger partial charge in [-0.2, -0.15) is 0 Å². The van der Waals surface area contributed by atoms with Gasteiger partial charge in [-0.15, -0.1) is 0 Å². The summed E-state index contributed by atoms with van der Waals surface area (Å²) in [5.74, 6) is 0.929. The van der Waals surface area contributed by atoms with Crippen molar-refractivity contribution in [2.45, 2.75) is 5.32 Å². The maximum absolute atomic E-state index is 5.88. The molecule has 0 aliphatic rings. The zero-order chi connectivity index (χ0) is 13.8. The zero-order valence-electron chi connectivity index (χ0n) is 10.6. The van der Waals surface area contributed by atoms with E-state index in [1.807, 2.05) is 36.4 Å². The topological polar surface area (TPSA) is 26.0 Å². The van der Waals surface area contributed by atoms with Crippen LogP contribution in [0.15, 0.2) is 65.2 Å². The van der Waals surface area contributed by atoms with Gasteiger partial charge in [0.25, 0.3) is 0 Å². The summed E-state index contributed by atoms with van der Waals surface area (Å²) in [5.41, 5.74) is 1.89. The Bertz CT molecular complexity index is 679. The molecular formula is C16H12ClNOSe. The minimum absolute atomic E-state index is 0.373. The molecule has 20 heavy (non-hydrogen) atoms. The Labute approximate surface area is 128 Å². The van der Waals surface area contributed by atoms with Crippen molar-refractivity contribution >= 4 is 31.0 Å². The first-order valence-corrected chi connectivity index (χ1v) is 8.65. The summed E-state index contributed by atoms with van der Waals surface area (Å²) in [6, 6.07) is 20.1. The SMILES string of the molecule is Clc1ccc(-c2cc(C[Se]c3ccccc3)on2)cc1. The quantitative estimate of drug-likeness (QED) is 0.674. The van der Waals surface area contributed by atoms with Crippen molar-refractivity contribution in [1.82, 2.24) is 5.16 Å². The molecule has 0 amide bonds. The van der Waals surface area contributed by atoms with E-state index in [2.05, 4.69) is 29.4 Å². The first-order chi connectivity index (χ1) is 9.81. The summed E-state index contributed by atoms with van der Waals surface area (Å²) in [6.07, 6.45) is 0. The summed E-state index contributed by atoms with van der Waals surface area (Å²) >= 11 is 6.25. The molecule has 0 radical (unpaired) electrons. The second kappa shape index (κ2) is 6.27. The first kappa shape index (κ1) is 13.4. The fraction of sp³-hybridized carbons (Fsp3) is 0.0625. The first-order valence-electron chi connectivity index (χ1n) is 6.21. The van der Waals surface area contributed by atoms with Gasteiger partial charge in [-0.1, -0.05) is 0 Å². The van der Waals surface area contributed by atoms with Gasteiger partial charge in [-0.25, -0.2) is 0 Å². The normalized spacial score (nSPS) is 10.7. The summed E-state index contributed by atoms with van der Waals surface area (Å²) in [5, 5.41) is 5.76. The standard InChI is InChI=1S/C16H12ClNOSe/c17-13-8-6-12(7-9-13)16-10-14(19-18-16)11-20-15-4-2-1-3-5-15/h1-10H,11H2. The molecule has 1 heterocycles. The molecule has 100 valence electrons. The third-order valence-electron chi connectivity index (χ3n) is 2.82. The van der Waals surface area contributed by atoms with Crippen LogP contribution in [0, 0.1) is 0 Å². The molecule has 0 unspecified atom stereocenters. The molecule has 0 saturated carbocycles. The van der Waals surface area contributed by atoms with E-state index >= 15 is 0 Å². The van der Waals surface area contributed by atoms with Gasteiger partial charge in [0, 0.05) is 0 Å². The Balaban J connectivity index is 1.69. The van der Waals surface area contributed by atoms with E-state index in [1.165, 1.54) is 4.46 Å². The third-order valence-corrected chi connectivity index (χ3v) is 5.25. The fourth-order valence-corrected chi connectivity index (χ4v) is 3.60. The van der Waals surface area contributed by atoms with Crippen molar-refractivity contribution in [3.05, 3.63) is 71.4 Å². The van der Waals surface area contributed by atoms with Crippen LogP contribution in [0.25, 0.3) is 11.3 Å². The molecule has 0 atom stereocenters. The second-order valence-corrected chi connectivity index (χ2v) is 6.92. The number of aromatic nitrogens is 1. The summed E-state index contributed by atoms with van der Waals surface area (Å²) in [4.78, 5) is 0. The molecule has 0 bridgehead atoms. The molecule has 4 heteroatoms. The average molecular weight is 349 g/mol. The van der Waals surface area contributed by atoms with Crippen LogP contribution in [0.3, 0.4) is 0 Å². The van der Waals surface area contributed by atoms with Gasteiger partial charge in [-0.3, -0.25) is 0 Å². The number of nitrogens with zero attached hydrogens (tertiary/aromatic N) is 1. The van der Waals surface area contributed by atoms with Crippen molar-refractivity contribution in [2.24, 2.45) is 0 Å². The monoisotopic (exact) mass is 349 g/mol. The van der Waals surface area contributed by atoms with Crippen molar-refractivity contribution in [1.29, 1.82) is 0 Å². The number of hydrogen-bond acceptors (Lipinski definition) is 2. The fourth-order valence-electron chi connectivity index (χ4n) is 1.81. The van der Waals surface area contributed by atoms with Gasteiger partial charge >= 0.3 is 129 Å². The molecule has 3 aromatic rings. The maximum atomic E-state index is 5.88. The van der Waals surface area contributed by atoms with Gasteiger partial charge < -0.3 is 0 Å². The van der Waals surface area contributed by atoms with Crippen molar-refractivity contribution in [3.63, 3.8) is 0 Å². The molecule has 0 aliphatic carbocycles. The van der Waals surface area contributed by atoms with E-state index in [-0.39, 0.29) is 0 Å². The number of halogens is 1. The Kier molecular flexibility index (Phi) is 4.22. The molecule has 1 aromatic heterocycles. The number of benzene rings is 2. The molecular weight excluding hydrogens is 337 g/mol. The van der Waals surface area contributed by atoms with Crippen molar-refractivity contribution < 1.29 is 4.52 Å². The summed E-state index contributed by atoms with van der Waals surface area (Å²) in [6.45, 7) is 0. The van der Waals surface area contributed by atoms with Gasteiger partial charge in [0.15, 0.2) is 0 Å². The van der Waals surface area contributed by atoms with Crippen LogP contribution >= 0.6 is 11.6 Å². The molecule has 0 N–H and O–H groups in total. The number of rotatable bonds is 4. The predicted octanol–water partition coefficient (Wildman–Crippen LogP) is 3.52. The molecule has 0 fully saturated rings. The van der Waals surface area contributed by atoms with Gasteiger partial charge in [0.2, 0.25) is 0 Å². The van der Waals surface area contributed by atoms with Crippen molar-refractivity contribution in [3.8, 4) is 11.3 Å². The molecule has 0 aliphatic heterocycles. The van der Waals surface area contributed by atoms with Gasteiger partial charge in [0.1, 0.15) is 0 Å². The average Bonchev–Trinajstić information content (AvgIpc) is 2.96. The minimum atomic E-state index is 0.373. The third kappa shape index (κ3) is 3.31. The van der Waals surface area contributed by atoms with Crippen LogP contribution in [0.5, 0.6) is 0 Å². The second-order valence-electron chi connectivity index (χ2n) is 4.29. The van der Waals surface area contributed by atoms with Crippen molar-refractivity contribution in [2.75, 3.05) is 0 Å². The predicted molar refractivity (Wildman–Crippen MR) is 82.5 cm³/mol. The van der Waals surface area contributed by atoms with Crippen LogP contribution in [0.2, 0.25) is 5.02 Å². The zero-order valence-corrected chi connectivity index (χ0v) is 13.1. The molecule has 2 aromatic carbocycles. The van der Waals surface area contributed by atoms with E-state index in [1.54, 1.807) is 0 Å². The van der Waals surface area contributed by atoms with E-state index in [0.717, 1.165) is 27.4 Å². The summed E-state index contributed by atoms with van der Waals surface area (Å²) in [7, 11) is 0. The Morgan fingerprint density at radius 2 is 1.75 bits per heavy atom. The molecule has 0 spiro atoms. The van der Waals surface area contributed by atoms with E-state index < -0.39 is 0 Å². The van der Waals surface area contributed by atoms with E-state index in [0.29, 0.717) is 15.0 Å². The Morgan fingerprint density at radius 1 is 1.00 bits per heavy atom. The van der Waals surface area contributed by atoms with E-state index in [4.69, 9.17) is 16.1 Å². The Hall–Kier alpha value is -1.54. The molecule has 0 saturated heterocycles. The molecule has 2 nitrogen and oxygen atoms in total. The molecule has 3 rings (SSSR count). The van der Waals surface area contributed by atoms with Gasteiger partial charge in [-0.05, 0) is 0 Å².